The second-order valence-corrected chi connectivity index (χ2v) is 5.23. The van der Waals surface area contributed by atoms with Crippen LogP contribution in [0.2, 0.25) is 0 Å². The molecule has 0 aliphatic carbocycles. The van der Waals surface area contributed by atoms with Crippen molar-refractivity contribution < 1.29 is 9.84 Å². The molecule has 0 aromatic carbocycles. The van der Waals surface area contributed by atoms with Gasteiger partial charge < -0.3 is 15.2 Å². The fraction of sp³-hybridized carbons (Fsp3) is 0.750. The zero-order chi connectivity index (χ0) is 12.9. The standard InChI is InChI=1S/C12H23N3O2/c1-12(2,3)17-9-11(16)7-13-5-10-6-14-15(4)8-10/h6,8,11,13,16H,5,7,9H2,1-4H3. The van der Waals surface area contributed by atoms with Gasteiger partial charge in [-0.2, -0.15) is 5.10 Å². The Morgan fingerprint density at radius 3 is 2.76 bits per heavy atom. The van der Waals surface area contributed by atoms with E-state index in [2.05, 4.69) is 10.4 Å². The molecule has 1 aromatic rings. The van der Waals surface area contributed by atoms with Gasteiger partial charge in [0.1, 0.15) is 0 Å². The highest BCUT2D eigenvalue weighted by atomic mass is 16.5. The maximum absolute atomic E-state index is 9.69. The first kappa shape index (κ1) is 14.2. The Kier molecular flexibility index (Phi) is 5.11. The minimum Gasteiger partial charge on any atom is -0.389 e. The van der Waals surface area contributed by atoms with E-state index in [1.54, 1.807) is 4.68 Å². The highest BCUT2D eigenvalue weighted by molar-refractivity contribution is 5.02. The van der Waals surface area contributed by atoms with Crippen LogP contribution in [0.3, 0.4) is 0 Å². The summed E-state index contributed by atoms with van der Waals surface area (Å²) in [6.07, 6.45) is 3.28. The molecule has 1 rings (SSSR count). The lowest BCUT2D eigenvalue weighted by atomic mass is 10.2. The summed E-state index contributed by atoms with van der Waals surface area (Å²) < 4.78 is 7.25. The van der Waals surface area contributed by atoms with Crippen LogP contribution in [0.5, 0.6) is 0 Å². The van der Waals surface area contributed by atoms with E-state index in [4.69, 9.17) is 4.74 Å². The Labute approximate surface area is 103 Å². The molecule has 0 saturated carbocycles. The fourth-order valence-corrected chi connectivity index (χ4v) is 1.35. The smallest absolute Gasteiger partial charge is 0.0898 e. The number of aromatic nitrogens is 2. The van der Waals surface area contributed by atoms with E-state index in [1.165, 1.54) is 0 Å². The van der Waals surface area contributed by atoms with Gasteiger partial charge in [-0.25, -0.2) is 0 Å². The summed E-state index contributed by atoms with van der Waals surface area (Å²) in [5.74, 6) is 0. The molecular formula is C12H23N3O2. The first-order valence-corrected chi connectivity index (χ1v) is 5.87. The van der Waals surface area contributed by atoms with Crippen LogP contribution in [-0.4, -0.2) is 39.7 Å². The van der Waals surface area contributed by atoms with E-state index in [9.17, 15) is 5.11 Å². The molecule has 1 unspecified atom stereocenters. The number of hydrogen-bond donors (Lipinski definition) is 2. The van der Waals surface area contributed by atoms with E-state index >= 15 is 0 Å². The molecule has 0 saturated heterocycles. The van der Waals surface area contributed by atoms with Crippen LogP contribution >= 0.6 is 0 Å². The zero-order valence-corrected chi connectivity index (χ0v) is 11.1. The van der Waals surface area contributed by atoms with Gasteiger partial charge in [0.15, 0.2) is 0 Å². The van der Waals surface area contributed by atoms with Gasteiger partial charge in [-0.1, -0.05) is 0 Å². The Hall–Kier alpha value is -0.910. The third-order valence-corrected chi connectivity index (χ3v) is 2.18. The van der Waals surface area contributed by atoms with Crippen molar-refractivity contribution in [2.45, 2.75) is 39.0 Å². The Morgan fingerprint density at radius 2 is 2.24 bits per heavy atom. The minimum atomic E-state index is -0.481. The minimum absolute atomic E-state index is 0.204. The van der Waals surface area contributed by atoms with Gasteiger partial charge in [0.05, 0.1) is 24.5 Å². The van der Waals surface area contributed by atoms with E-state index in [-0.39, 0.29) is 5.60 Å². The van der Waals surface area contributed by atoms with Crippen molar-refractivity contribution in [2.24, 2.45) is 7.05 Å². The second kappa shape index (κ2) is 6.14. The molecule has 0 aliphatic rings. The molecule has 0 amide bonds. The third kappa shape index (κ3) is 6.41. The van der Waals surface area contributed by atoms with Crippen molar-refractivity contribution in [1.29, 1.82) is 0 Å². The average Bonchev–Trinajstić information content (AvgIpc) is 2.60. The summed E-state index contributed by atoms with van der Waals surface area (Å²) >= 11 is 0. The van der Waals surface area contributed by atoms with E-state index in [0.717, 1.165) is 5.56 Å². The van der Waals surface area contributed by atoms with Crippen LogP contribution in [0, 0.1) is 0 Å². The molecule has 1 aromatic heterocycles. The molecule has 98 valence electrons. The van der Waals surface area contributed by atoms with Crippen molar-refractivity contribution in [3.05, 3.63) is 18.0 Å². The third-order valence-electron chi connectivity index (χ3n) is 2.18. The number of ether oxygens (including phenoxy) is 1. The number of nitrogens with one attached hydrogen (secondary N) is 1. The van der Waals surface area contributed by atoms with Gasteiger partial charge in [0.25, 0.3) is 0 Å². The summed E-state index contributed by atoms with van der Waals surface area (Å²) in [5.41, 5.74) is 0.904. The van der Waals surface area contributed by atoms with Crippen LogP contribution in [0.25, 0.3) is 0 Å². The number of aliphatic hydroxyl groups is 1. The summed E-state index contributed by atoms with van der Waals surface area (Å²) in [6, 6.07) is 0. The SMILES string of the molecule is Cn1cc(CNCC(O)COC(C)(C)C)cn1. The average molecular weight is 241 g/mol. The Bertz CT molecular complexity index is 331. The second-order valence-electron chi connectivity index (χ2n) is 5.23. The monoisotopic (exact) mass is 241 g/mol. The van der Waals surface area contributed by atoms with Crippen LogP contribution < -0.4 is 5.32 Å². The van der Waals surface area contributed by atoms with Crippen molar-refractivity contribution >= 4 is 0 Å². The van der Waals surface area contributed by atoms with Crippen LogP contribution in [0.15, 0.2) is 12.4 Å². The fourth-order valence-electron chi connectivity index (χ4n) is 1.35. The predicted octanol–water partition coefficient (Wildman–Crippen LogP) is 0.686. The van der Waals surface area contributed by atoms with Gasteiger partial charge in [-0.05, 0) is 20.8 Å². The summed E-state index contributed by atoms with van der Waals surface area (Å²) in [6.45, 7) is 7.50. The molecule has 5 nitrogen and oxygen atoms in total. The van der Waals surface area contributed by atoms with E-state index in [0.29, 0.717) is 19.7 Å². The Morgan fingerprint density at radius 1 is 1.53 bits per heavy atom. The van der Waals surface area contributed by atoms with E-state index in [1.807, 2.05) is 40.2 Å². The maximum atomic E-state index is 9.69. The molecular weight excluding hydrogens is 218 g/mol. The van der Waals surface area contributed by atoms with Crippen molar-refractivity contribution in [3.8, 4) is 0 Å². The lowest BCUT2D eigenvalue weighted by molar-refractivity contribution is -0.0479. The summed E-state index contributed by atoms with van der Waals surface area (Å²) in [5, 5.41) is 16.9. The van der Waals surface area contributed by atoms with Gasteiger partial charge >= 0.3 is 0 Å². The lowest BCUT2D eigenvalue weighted by Gasteiger charge is -2.22. The van der Waals surface area contributed by atoms with Gasteiger partial charge in [0.2, 0.25) is 0 Å². The van der Waals surface area contributed by atoms with Gasteiger partial charge in [-0.15, -0.1) is 0 Å². The zero-order valence-electron chi connectivity index (χ0n) is 11.1. The summed E-state index contributed by atoms with van der Waals surface area (Å²) in [4.78, 5) is 0. The van der Waals surface area contributed by atoms with Crippen molar-refractivity contribution in [1.82, 2.24) is 15.1 Å². The number of aryl methyl sites for hydroxylation is 1. The van der Waals surface area contributed by atoms with Gasteiger partial charge in [0, 0.05) is 31.9 Å². The van der Waals surface area contributed by atoms with Crippen LogP contribution in [0.1, 0.15) is 26.3 Å². The topological polar surface area (TPSA) is 59.3 Å². The molecule has 2 N–H and O–H groups in total. The number of hydrogen-bond acceptors (Lipinski definition) is 4. The molecule has 1 atom stereocenters. The highest BCUT2D eigenvalue weighted by Gasteiger charge is 2.13. The van der Waals surface area contributed by atoms with Gasteiger partial charge in [-0.3, -0.25) is 4.68 Å². The number of nitrogens with zero attached hydrogens (tertiary/aromatic N) is 2. The molecule has 0 fully saturated rings. The van der Waals surface area contributed by atoms with Crippen LogP contribution in [0.4, 0.5) is 0 Å². The first-order chi connectivity index (χ1) is 7.87. The van der Waals surface area contributed by atoms with E-state index < -0.39 is 6.10 Å². The van der Waals surface area contributed by atoms with Crippen LogP contribution in [-0.2, 0) is 18.3 Å². The van der Waals surface area contributed by atoms with Crippen molar-refractivity contribution in [2.75, 3.05) is 13.2 Å². The molecule has 0 aliphatic heterocycles. The number of rotatable bonds is 6. The highest BCUT2D eigenvalue weighted by Crippen LogP contribution is 2.06. The molecule has 0 radical (unpaired) electrons. The normalized spacial score (nSPS) is 13.9. The largest absolute Gasteiger partial charge is 0.389 e. The Balaban J connectivity index is 2.14. The predicted molar refractivity (Wildman–Crippen MR) is 66.6 cm³/mol. The maximum Gasteiger partial charge on any atom is 0.0898 e. The summed E-state index contributed by atoms with van der Waals surface area (Å²) in [7, 11) is 1.88. The molecule has 0 spiro atoms. The first-order valence-electron chi connectivity index (χ1n) is 5.87. The lowest BCUT2D eigenvalue weighted by Crippen LogP contribution is -2.33. The van der Waals surface area contributed by atoms with Crippen molar-refractivity contribution in [3.63, 3.8) is 0 Å². The molecule has 5 heteroatoms. The molecule has 17 heavy (non-hydrogen) atoms. The number of aliphatic hydroxyl groups excluding tert-OH is 1. The quantitative estimate of drug-likeness (QED) is 0.769. The molecule has 1 heterocycles. The molecule has 0 bridgehead atoms.